The van der Waals surface area contributed by atoms with E-state index in [-0.39, 0.29) is 17.9 Å². The summed E-state index contributed by atoms with van der Waals surface area (Å²) in [6.07, 6.45) is 4.57. The Labute approximate surface area is 154 Å². The van der Waals surface area contributed by atoms with Gasteiger partial charge < -0.3 is 5.32 Å². The molecule has 1 heterocycles. The number of hydrogen-bond acceptors (Lipinski definition) is 2. The van der Waals surface area contributed by atoms with Crippen molar-refractivity contribution in [3.63, 3.8) is 0 Å². The normalized spacial score (nSPS) is 19.6. The largest absolute Gasteiger partial charge is 0.349 e. The zero-order valence-corrected chi connectivity index (χ0v) is 14.8. The highest BCUT2D eigenvalue weighted by Crippen LogP contribution is 2.47. The summed E-state index contributed by atoms with van der Waals surface area (Å²) in [7, 11) is 0. The maximum absolute atomic E-state index is 12.6. The molecule has 2 aromatic carbocycles. The van der Waals surface area contributed by atoms with Crippen molar-refractivity contribution in [2.45, 2.75) is 25.3 Å². The highest BCUT2D eigenvalue weighted by atomic mass is 16.2. The molecule has 3 aromatic rings. The topological polar surface area (TPSA) is 42.0 Å². The van der Waals surface area contributed by atoms with Crippen molar-refractivity contribution in [2.24, 2.45) is 5.92 Å². The number of amides is 1. The minimum absolute atomic E-state index is 0.0175. The van der Waals surface area contributed by atoms with Crippen molar-refractivity contribution in [2.75, 3.05) is 0 Å². The lowest BCUT2D eigenvalue weighted by molar-refractivity contribution is -0.123. The summed E-state index contributed by atoms with van der Waals surface area (Å²) >= 11 is 0. The Morgan fingerprint density at radius 3 is 2.62 bits per heavy atom. The van der Waals surface area contributed by atoms with Gasteiger partial charge in [-0.25, -0.2) is 0 Å². The molecule has 0 unspecified atom stereocenters. The van der Waals surface area contributed by atoms with Gasteiger partial charge in [0.1, 0.15) is 0 Å². The average molecular weight is 342 g/mol. The Balaban J connectivity index is 1.42. The summed E-state index contributed by atoms with van der Waals surface area (Å²) in [5, 5.41) is 3.18. The standard InChI is InChI=1S/C23H22N2O/c1-16(18-9-5-10-19(13-18)20-11-6-12-24-15-20)25-23(26)22-14-21(22)17-7-3-2-4-8-17/h2-13,15-16,21-22H,14H2,1H3,(H,25,26)/t16-,21-,22+/m0/s1. The van der Waals surface area contributed by atoms with Gasteiger partial charge in [0, 0.05) is 18.3 Å². The van der Waals surface area contributed by atoms with Gasteiger partial charge in [0.15, 0.2) is 0 Å². The Bertz CT molecular complexity index is 892. The summed E-state index contributed by atoms with van der Waals surface area (Å²) < 4.78 is 0. The second-order valence-corrected chi connectivity index (χ2v) is 6.96. The molecule has 0 aliphatic heterocycles. The molecule has 1 aliphatic carbocycles. The van der Waals surface area contributed by atoms with Crippen LogP contribution in [0.1, 0.15) is 36.4 Å². The fourth-order valence-corrected chi connectivity index (χ4v) is 3.48. The van der Waals surface area contributed by atoms with E-state index in [1.165, 1.54) is 5.56 Å². The predicted octanol–water partition coefficient (Wildman–Crippen LogP) is 4.73. The van der Waals surface area contributed by atoms with Crippen molar-refractivity contribution in [1.82, 2.24) is 10.3 Å². The number of nitrogens with one attached hydrogen (secondary N) is 1. The van der Waals surface area contributed by atoms with E-state index in [0.29, 0.717) is 5.92 Å². The number of nitrogens with zero attached hydrogens (tertiary/aromatic N) is 1. The van der Waals surface area contributed by atoms with Crippen molar-refractivity contribution in [3.05, 3.63) is 90.3 Å². The van der Waals surface area contributed by atoms with Gasteiger partial charge in [-0.1, -0.05) is 54.6 Å². The van der Waals surface area contributed by atoms with Crippen molar-refractivity contribution >= 4 is 5.91 Å². The highest BCUT2D eigenvalue weighted by molar-refractivity contribution is 5.83. The van der Waals surface area contributed by atoms with Crippen LogP contribution in [0.25, 0.3) is 11.1 Å². The number of carbonyl (C=O) groups is 1. The molecular formula is C23H22N2O. The van der Waals surface area contributed by atoms with Crippen LogP contribution in [0, 0.1) is 5.92 Å². The molecule has 26 heavy (non-hydrogen) atoms. The number of benzene rings is 2. The Morgan fingerprint density at radius 1 is 1.04 bits per heavy atom. The van der Waals surface area contributed by atoms with Crippen LogP contribution in [-0.4, -0.2) is 10.9 Å². The van der Waals surface area contributed by atoms with Gasteiger partial charge >= 0.3 is 0 Å². The third-order valence-electron chi connectivity index (χ3n) is 5.10. The lowest BCUT2D eigenvalue weighted by Crippen LogP contribution is -2.28. The number of carbonyl (C=O) groups excluding carboxylic acids is 1. The van der Waals surface area contributed by atoms with E-state index in [4.69, 9.17) is 0 Å². The van der Waals surface area contributed by atoms with Gasteiger partial charge in [-0.15, -0.1) is 0 Å². The lowest BCUT2D eigenvalue weighted by atomic mass is 10.0. The SMILES string of the molecule is C[C@H](NC(=O)[C@@H]1C[C@H]1c1ccccc1)c1cccc(-c2cccnc2)c1. The maximum atomic E-state index is 12.6. The van der Waals surface area contributed by atoms with E-state index in [2.05, 4.69) is 40.6 Å². The molecule has 0 radical (unpaired) electrons. The minimum Gasteiger partial charge on any atom is -0.349 e. The van der Waals surface area contributed by atoms with E-state index in [9.17, 15) is 4.79 Å². The number of pyridine rings is 1. The Kier molecular flexibility index (Phi) is 4.53. The van der Waals surface area contributed by atoms with Crippen molar-refractivity contribution < 1.29 is 4.79 Å². The first-order valence-electron chi connectivity index (χ1n) is 9.08. The van der Waals surface area contributed by atoms with Crippen molar-refractivity contribution in [1.29, 1.82) is 0 Å². The first kappa shape index (κ1) is 16.5. The molecule has 4 rings (SSSR count). The van der Waals surface area contributed by atoms with Crippen LogP contribution in [0.2, 0.25) is 0 Å². The monoisotopic (exact) mass is 342 g/mol. The van der Waals surface area contributed by atoms with Crippen LogP contribution < -0.4 is 5.32 Å². The average Bonchev–Trinajstić information content (AvgIpc) is 3.50. The van der Waals surface area contributed by atoms with E-state index < -0.39 is 0 Å². The zero-order chi connectivity index (χ0) is 17.9. The maximum Gasteiger partial charge on any atom is 0.224 e. The molecule has 1 N–H and O–H groups in total. The molecule has 3 atom stereocenters. The summed E-state index contributed by atoms with van der Waals surface area (Å²) in [5.41, 5.74) is 4.57. The fourth-order valence-electron chi connectivity index (χ4n) is 3.48. The second kappa shape index (κ2) is 7.12. The van der Waals surface area contributed by atoms with Gasteiger partial charge in [0.05, 0.1) is 6.04 Å². The smallest absolute Gasteiger partial charge is 0.224 e. The second-order valence-electron chi connectivity index (χ2n) is 6.96. The van der Waals surface area contributed by atoms with Gasteiger partial charge in [-0.3, -0.25) is 9.78 Å². The molecule has 130 valence electrons. The third kappa shape index (κ3) is 3.52. The molecule has 0 saturated heterocycles. The fraction of sp³-hybridized carbons (Fsp3) is 0.217. The molecule has 0 spiro atoms. The van der Waals surface area contributed by atoms with E-state index >= 15 is 0 Å². The predicted molar refractivity (Wildman–Crippen MR) is 104 cm³/mol. The molecule has 0 bridgehead atoms. The van der Waals surface area contributed by atoms with Crippen LogP contribution >= 0.6 is 0 Å². The molecule has 1 saturated carbocycles. The number of rotatable bonds is 5. The van der Waals surface area contributed by atoms with Crippen molar-refractivity contribution in [3.8, 4) is 11.1 Å². The number of aromatic nitrogens is 1. The van der Waals surface area contributed by atoms with Gasteiger partial charge in [0.2, 0.25) is 5.91 Å². The molecule has 1 aromatic heterocycles. The first-order chi connectivity index (χ1) is 12.7. The molecular weight excluding hydrogens is 320 g/mol. The molecule has 3 nitrogen and oxygen atoms in total. The molecule has 1 amide bonds. The third-order valence-corrected chi connectivity index (χ3v) is 5.10. The summed E-state index contributed by atoms with van der Waals surface area (Å²) in [6, 6.07) is 22.6. The van der Waals surface area contributed by atoms with Crippen LogP contribution in [0.5, 0.6) is 0 Å². The minimum atomic E-state index is -0.0175. The van der Waals surface area contributed by atoms with Crippen LogP contribution in [0.3, 0.4) is 0 Å². The first-order valence-corrected chi connectivity index (χ1v) is 9.08. The Morgan fingerprint density at radius 2 is 1.85 bits per heavy atom. The summed E-state index contributed by atoms with van der Waals surface area (Å²) in [4.78, 5) is 16.8. The van der Waals surface area contributed by atoms with E-state index in [0.717, 1.165) is 23.1 Å². The highest BCUT2D eigenvalue weighted by Gasteiger charge is 2.44. The zero-order valence-electron chi connectivity index (χ0n) is 14.8. The molecule has 1 aliphatic rings. The van der Waals surface area contributed by atoms with E-state index in [1.807, 2.05) is 49.5 Å². The van der Waals surface area contributed by atoms with Gasteiger partial charge in [-0.2, -0.15) is 0 Å². The number of hydrogen-bond donors (Lipinski definition) is 1. The summed E-state index contributed by atoms with van der Waals surface area (Å²) in [5.74, 6) is 0.615. The quantitative estimate of drug-likeness (QED) is 0.728. The van der Waals surface area contributed by atoms with Gasteiger partial charge in [-0.05, 0) is 53.6 Å². The Hall–Kier alpha value is -2.94. The van der Waals surface area contributed by atoms with Crippen LogP contribution in [0.4, 0.5) is 0 Å². The molecule has 1 fully saturated rings. The van der Waals surface area contributed by atoms with Crippen LogP contribution in [-0.2, 0) is 4.79 Å². The molecule has 3 heteroatoms. The van der Waals surface area contributed by atoms with Gasteiger partial charge in [0.25, 0.3) is 0 Å². The summed E-state index contributed by atoms with van der Waals surface area (Å²) in [6.45, 7) is 2.04. The lowest BCUT2D eigenvalue weighted by Gasteiger charge is -2.15. The van der Waals surface area contributed by atoms with E-state index in [1.54, 1.807) is 6.20 Å². The van der Waals surface area contributed by atoms with Crippen LogP contribution in [0.15, 0.2) is 79.1 Å².